The zero-order chi connectivity index (χ0) is 14.1. The summed E-state index contributed by atoms with van der Waals surface area (Å²) >= 11 is 0. The molecule has 5 nitrogen and oxygen atoms in total. The largest absolute Gasteiger partial charge is 0.353 e. The Labute approximate surface area is 118 Å². The van der Waals surface area contributed by atoms with Gasteiger partial charge in [0, 0.05) is 24.3 Å². The Morgan fingerprint density at radius 2 is 1.95 bits per heavy atom. The third kappa shape index (κ3) is 2.10. The summed E-state index contributed by atoms with van der Waals surface area (Å²) in [6.45, 7) is 5.42. The van der Waals surface area contributed by atoms with Crippen LogP contribution >= 0.6 is 0 Å². The van der Waals surface area contributed by atoms with Crippen molar-refractivity contribution in [1.82, 2.24) is 20.4 Å². The molecule has 1 saturated heterocycles. The standard InChI is InChI=1S/C15H18N4O/c1-10-13(14-15(20)17-9-8-16-14)11(2)19(18-10)12-6-4-3-5-7-12/h3-7,14,16H,8-9H2,1-2H3,(H,17,20)/t14-/m0/s1. The molecule has 1 aromatic carbocycles. The molecule has 0 radical (unpaired) electrons. The van der Waals surface area contributed by atoms with E-state index in [-0.39, 0.29) is 11.9 Å². The van der Waals surface area contributed by atoms with Gasteiger partial charge in [-0.3, -0.25) is 4.79 Å². The highest BCUT2D eigenvalue weighted by Gasteiger charge is 2.29. The number of aromatic nitrogens is 2. The number of carbonyl (C=O) groups is 1. The van der Waals surface area contributed by atoms with Crippen LogP contribution in [0.1, 0.15) is 23.0 Å². The molecule has 1 atom stereocenters. The normalized spacial score (nSPS) is 18.9. The maximum Gasteiger partial charge on any atom is 0.241 e. The van der Waals surface area contributed by atoms with Crippen LogP contribution in [0.4, 0.5) is 0 Å². The number of rotatable bonds is 2. The average Bonchev–Trinajstić information content (AvgIpc) is 2.76. The zero-order valence-electron chi connectivity index (χ0n) is 11.7. The molecule has 3 rings (SSSR count). The highest BCUT2D eigenvalue weighted by Crippen LogP contribution is 2.25. The summed E-state index contributed by atoms with van der Waals surface area (Å²) in [5.41, 5.74) is 3.88. The fourth-order valence-corrected chi connectivity index (χ4v) is 2.72. The Morgan fingerprint density at radius 1 is 1.20 bits per heavy atom. The van der Waals surface area contributed by atoms with E-state index in [0.717, 1.165) is 29.2 Å². The van der Waals surface area contributed by atoms with Crippen LogP contribution in [0.25, 0.3) is 5.69 Å². The molecule has 1 aliphatic heterocycles. The van der Waals surface area contributed by atoms with E-state index in [1.54, 1.807) is 0 Å². The molecule has 1 aliphatic rings. The van der Waals surface area contributed by atoms with E-state index in [2.05, 4.69) is 15.7 Å². The quantitative estimate of drug-likeness (QED) is 0.863. The number of benzene rings is 1. The number of nitrogens with zero attached hydrogens (tertiary/aromatic N) is 2. The van der Waals surface area contributed by atoms with Gasteiger partial charge in [0.2, 0.25) is 5.91 Å². The molecule has 2 heterocycles. The molecule has 0 spiro atoms. The molecule has 2 N–H and O–H groups in total. The summed E-state index contributed by atoms with van der Waals surface area (Å²) in [5.74, 6) is 0.0232. The van der Waals surface area contributed by atoms with Crippen LogP contribution in [0.5, 0.6) is 0 Å². The summed E-state index contributed by atoms with van der Waals surface area (Å²) in [6, 6.07) is 9.66. The first kappa shape index (κ1) is 12.9. The van der Waals surface area contributed by atoms with Crippen LogP contribution in [0.15, 0.2) is 30.3 Å². The lowest BCUT2D eigenvalue weighted by atomic mass is 10.0. The van der Waals surface area contributed by atoms with E-state index < -0.39 is 0 Å². The average molecular weight is 270 g/mol. The molecule has 2 aromatic rings. The van der Waals surface area contributed by atoms with E-state index in [9.17, 15) is 4.79 Å². The molecule has 1 aromatic heterocycles. The Kier molecular flexibility index (Phi) is 3.28. The van der Waals surface area contributed by atoms with Crippen molar-refractivity contribution in [2.45, 2.75) is 19.9 Å². The number of para-hydroxylation sites is 1. The number of piperazine rings is 1. The Bertz CT molecular complexity index is 633. The topological polar surface area (TPSA) is 59.0 Å². The van der Waals surface area contributed by atoms with Gasteiger partial charge in [0.1, 0.15) is 6.04 Å². The van der Waals surface area contributed by atoms with Crippen LogP contribution < -0.4 is 10.6 Å². The highest BCUT2D eigenvalue weighted by atomic mass is 16.2. The maximum absolute atomic E-state index is 12.0. The van der Waals surface area contributed by atoms with E-state index in [4.69, 9.17) is 0 Å². The Balaban J connectivity index is 2.05. The number of hydrogen-bond donors (Lipinski definition) is 2. The zero-order valence-corrected chi connectivity index (χ0v) is 11.7. The van der Waals surface area contributed by atoms with Crippen molar-refractivity contribution < 1.29 is 4.79 Å². The second-order valence-electron chi connectivity index (χ2n) is 5.01. The number of nitrogens with one attached hydrogen (secondary N) is 2. The summed E-state index contributed by atoms with van der Waals surface area (Å²) in [5, 5.41) is 10.7. The number of aryl methyl sites for hydroxylation is 1. The molecule has 104 valence electrons. The molecule has 1 fully saturated rings. The number of amides is 1. The molecule has 20 heavy (non-hydrogen) atoms. The SMILES string of the molecule is Cc1nn(-c2ccccc2)c(C)c1[C@@H]1NCCNC1=O. The fraction of sp³-hybridized carbons (Fsp3) is 0.333. The third-order valence-electron chi connectivity index (χ3n) is 3.67. The van der Waals surface area contributed by atoms with Gasteiger partial charge in [-0.25, -0.2) is 4.68 Å². The lowest BCUT2D eigenvalue weighted by Crippen LogP contribution is -2.47. The van der Waals surface area contributed by atoms with Crippen molar-refractivity contribution in [1.29, 1.82) is 0 Å². The van der Waals surface area contributed by atoms with Crippen molar-refractivity contribution in [2.24, 2.45) is 0 Å². The van der Waals surface area contributed by atoms with Crippen molar-refractivity contribution in [3.63, 3.8) is 0 Å². The van der Waals surface area contributed by atoms with Crippen LogP contribution in [-0.4, -0.2) is 28.8 Å². The maximum atomic E-state index is 12.0. The molecule has 0 saturated carbocycles. The molecular formula is C15H18N4O. The van der Waals surface area contributed by atoms with Crippen LogP contribution in [0, 0.1) is 13.8 Å². The van der Waals surface area contributed by atoms with E-state index >= 15 is 0 Å². The number of carbonyl (C=O) groups excluding carboxylic acids is 1. The third-order valence-corrected chi connectivity index (χ3v) is 3.67. The van der Waals surface area contributed by atoms with E-state index in [1.165, 1.54) is 0 Å². The molecule has 1 amide bonds. The van der Waals surface area contributed by atoms with Gasteiger partial charge in [-0.15, -0.1) is 0 Å². The highest BCUT2D eigenvalue weighted by molar-refractivity contribution is 5.84. The lowest BCUT2D eigenvalue weighted by Gasteiger charge is -2.24. The predicted octanol–water partition coefficient (Wildman–Crippen LogP) is 1.25. The van der Waals surface area contributed by atoms with Gasteiger partial charge in [0.15, 0.2) is 0 Å². The number of hydrogen-bond acceptors (Lipinski definition) is 3. The minimum absolute atomic E-state index is 0.0232. The predicted molar refractivity (Wildman–Crippen MR) is 76.8 cm³/mol. The Hall–Kier alpha value is -2.14. The minimum atomic E-state index is -0.304. The van der Waals surface area contributed by atoms with Gasteiger partial charge < -0.3 is 10.6 Å². The summed E-state index contributed by atoms with van der Waals surface area (Å²) < 4.78 is 1.90. The molecular weight excluding hydrogens is 252 g/mol. The Morgan fingerprint density at radius 3 is 2.65 bits per heavy atom. The van der Waals surface area contributed by atoms with Crippen molar-refractivity contribution in [3.05, 3.63) is 47.3 Å². The first-order chi connectivity index (χ1) is 9.68. The van der Waals surface area contributed by atoms with Crippen molar-refractivity contribution in [3.8, 4) is 5.69 Å². The second kappa shape index (κ2) is 5.09. The monoisotopic (exact) mass is 270 g/mol. The van der Waals surface area contributed by atoms with Gasteiger partial charge in [-0.05, 0) is 26.0 Å². The first-order valence-corrected chi connectivity index (χ1v) is 6.81. The summed E-state index contributed by atoms with van der Waals surface area (Å²) in [4.78, 5) is 12.0. The molecule has 0 bridgehead atoms. The van der Waals surface area contributed by atoms with E-state index in [1.807, 2.05) is 48.9 Å². The smallest absolute Gasteiger partial charge is 0.241 e. The summed E-state index contributed by atoms with van der Waals surface area (Å²) in [7, 11) is 0. The van der Waals surface area contributed by atoms with Gasteiger partial charge >= 0.3 is 0 Å². The van der Waals surface area contributed by atoms with Crippen LogP contribution in [-0.2, 0) is 4.79 Å². The van der Waals surface area contributed by atoms with Crippen molar-refractivity contribution >= 4 is 5.91 Å². The van der Waals surface area contributed by atoms with Crippen molar-refractivity contribution in [2.75, 3.05) is 13.1 Å². The molecule has 5 heteroatoms. The van der Waals surface area contributed by atoms with Gasteiger partial charge in [-0.1, -0.05) is 18.2 Å². The van der Waals surface area contributed by atoms with Gasteiger partial charge in [0.25, 0.3) is 0 Å². The lowest BCUT2D eigenvalue weighted by molar-refractivity contribution is -0.124. The second-order valence-corrected chi connectivity index (χ2v) is 5.01. The molecule has 0 aliphatic carbocycles. The summed E-state index contributed by atoms with van der Waals surface area (Å²) in [6.07, 6.45) is 0. The first-order valence-electron chi connectivity index (χ1n) is 6.81. The minimum Gasteiger partial charge on any atom is -0.353 e. The molecule has 0 unspecified atom stereocenters. The van der Waals surface area contributed by atoms with Gasteiger partial charge in [-0.2, -0.15) is 5.10 Å². The van der Waals surface area contributed by atoms with Gasteiger partial charge in [0.05, 0.1) is 11.4 Å². The van der Waals surface area contributed by atoms with Crippen LogP contribution in [0.3, 0.4) is 0 Å². The fourth-order valence-electron chi connectivity index (χ4n) is 2.72. The van der Waals surface area contributed by atoms with E-state index in [0.29, 0.717) is 6.54 Å². The van der Waals surface area contributed by atoms with Crippen LogP contribution in [0.2, 0.25) is 0 Å².